The van der Waals surface area contributed by atoms with Crippen LogP contribution >= 0.6 is 0 Å². The molecule has 0 aromatic carbocycles. The fraction of sp³-hybridized carbons (Fsp3) is 1.00. The molecule has 0 aliphatic rings. The topological polar surface area (TPSA) is 3.24 Å². The molecule has 0 rings (SSSR count). The Bertz CT molecular complexity index is 172. The molecule has 1 heteroatoms. The Morgan fingerprint density at radius 3 is 1.33 bits per heavy atom. The lowest BCUT2D eigenvalue weighted by Gasteiger charge is -2.24. The maximum Gasteiger partial charge on any atom is 0.000438 e. The Kier molecular flexibility index (Phi) is 16.3. The zero-order valence-electron chi connectivity index (χ0n) is 15.6. The van der Waals surface area contributed by atoms with Crippen molar-refractivity contribution in [3.8, 4) is 0 Å². The van der Waals surface area contributed by atoms with Crippen LogP contribution in [0.5, 0.6) is 0 Å². The predicted molar refractivity (Wildman–Crippen MR) is 98.0 cm³/mol. The monoisotopic (exact) mass is 297 g/mol. The minimum absolute atomic E-state index is 0.810. The fourth-order valence-corrected chi connectivity index (χ4v) is 3.04. The molecule has 0 aromatic heterocycles. The van der Waals surface area contributed by atoms with Crippen LogP contribution in [-0.4, -0.2) is 24.5 Å². The van der Waals surface area contributed by atoms with Gasteiger partial charge in [0.25, 0.3) is 0 Å². The molecule has 128 valence electrons. The molecule has 0 bridgehead atoms. The minimum atomic E-state index is 0.810. The maximum atomic E-state index is 2.73. The summed E-state index contributed by atoms with van der Waals surface area (Å²) in [7, 11) is 0. The molecule has 0 heterocycles. The highest BCUT2D eigenvalue weighted by molar-refractivity contribution is 4.61. The summed E-state index contributed by atoms with van der Waals surface area (Å²) in [4.78, 5) is 2.73. The summed E-state index contributed by atoms with van der Waals surface area (Å²) in [6.45, 7) is 13.3. The van der Waals surface area contributed by atoms with E-state index >= 15 is 0 Å². The third kappa shape index (κ3) is 16.2. The van der Waals surface area contributed by atoms with Gasteiger partial charge in [0.05, 0.1) is 0 Å². The number of rotatable bonds is 16. The number of hydrogen-bond donors (Lipinski definition) is 0. The van der Waals surface area contributed by atoms with Crippen molar-refractivity contribution in [1.29, 1.82) is 0 Å². The van der Waals surface area contributed by atoms with E-state index < -0.39 is 0 Å². The van der Waals surface area contributed by atoms with E-state index in [1.54, 1.807) is 0 Å². The molecule has 0 radical (unpaired) electrons. The summed E-state index contributed by atoms with van der Waals surface area (Å²) < 4.78 is 0. The summed E-state index contributed by atoms with van der Waals surface area (Å²) in [6, 6.07) is 0. The van der Waals surface area contributed by atoms with Gasteiger partial charge in [-0.2, -0.15) is 0 Å². The van der Waals surface area contributed by atoms with Crippen molar-refractivity contribution in [3.63, 3.8) is 0 Å². The molecule has 0 fully saturated rings. The first-order chi connectivity index (χ1) is 10.2. The van der Waals surface area contributed by atoms with E-state index in [1.807, 2.05) is 0 Å². The lowest BCUT2D eigenvalue weighted by Crippen LogP contribution is -2.30. The summed E-state index contributed by atoms with van der Waals surface area (Å²) in [5.41, 5.74) is 0. The average Bonchev–Trinajstić information content (AvgIpc) is 2.45. The average molecular weight is 298 g/mol. The van der Waals surface area contributed by atoms with E-state index in [9.17, 15) is 0 Å². The van der Waals surface area contributed by atoms with Crippen LogP contribution < -0.4 is 0 Å². The summed E-state index contributed by atoms with van der Waals surface area (Å²) in [5.74, 6) is 0.810. The molecular formula is C20H43N. The summed E-state index contributed by atoms with van der Waals surface area (Å²) in [5, 5.41) is 0. The van der Waals surface area contributed by atoms with Gasteiger partial charge < -0.3 is 4.90 Å². The van der Waals surface area contributed by atoms with Crippen molar-refractivity contribution < 1.29 is 0 Å². The Hall–Kier alpha value is -0.0400. The fourth-order valence-electron chi connectivity index (χ4n) is 3.04. The van der Waals surface area contributed by atoms with Crippen molar-refractivity contribution in [2.24, 2.45) is 5.92 Å². The Balaban J connectivity index is 3.62. The first kappa shape index (κ1) is 21.0. The Morgan fingerprint density at radius 1 is 0.571 bits per heavy atom. The lowest BCUT2D eigenvalue weighted by molar-refractivity contribution is 0.233. The lowest BCUT2D eigenvalue weighted by atomic mass is 10.1. The van der Waals surface area contributed by atoms with E-state index in [0.29, 0.717) is 0 Å². The standard InChI is InChI=1S/C20H43N/c1-5-7-9-11-13-15-17-21(19-20(3)4)18-16-14-12-10-8-6-2/h20H,5-19H2,1-4H3. The molecule has 0 aliphatic heterocycles. The summed E-state index contributed by atoms with van der Waals surface area (Å²) >= 11 is 0. The van der Waals surface area contributed by atoms with E-state index in [-0.39, 0.29) is 0 Å². The molecule has 0 atom stereocenters. The number of hydrogen-bond acceptors (Lipinski definition) is 1. The van der Waals surface area contributed by atoms with Crippen LogP contribution in [0.25, 0.3) is 0 Å². The largest absolute Gasteiger partial charge is 0.303 e. The van der Waals surface area contributed by atoms with E-state index in [2.05, 4.69) is 32.6 Å². The van der Waals surface area contributed by atoms with Gasteiger partial charge >= 0.3 is 0 Å². The molecule has 1 nitrogen and oxygen atoms in total. The van der Waals surface area contributed by atoms with Crippen LogP contribution in [0.15, 0.2) is 0 Å². The van der Waals surface area contributed by atoms with E-state index in [1.165, 1.54) is 96.7 Å². The van der Waals surface area contributed by atoms with E-state index in [0.717, 1.165) is 5.92 Å². The quantitative estimate of drug-likeness (QED) is 0.288. The van der Waals surface area contributed by atoms with Crippen LogP contribution in [-0.2, 0) is 0 Å². The van der Waals surface area contributed by atoms with Crippen LogP contribution in [0, 0.1) is 5.92 Å². The van der Waals surface area contributed by atoms with Crippen LogP contribution in [0.2, 0.25) is 0 Å². The smallest absolute Gasteiger partial charge is 0.000438 e. The normalized spacial score (nSPS) is 11.7. The molecule has 0 unspecified atom stereocenters. The van der Waals surface area contributed by atoms with Gasteiger partial charge in [-0.3, -0.25) is 0 Å². The molecular weight excluding hydrogens is 254 g/mol. The van der Waals surface area contributed by atoms with Gasteiger partial charge in [0, 0.05) is 6.54 Å². The molecule has 0 N–H and O–H groups in total. The number of nitrogens with zero attached hydrogens (tertiary/aromatic N) is 1. The molecule has 0 saturated carbocycles. The summed E-state index contributed by atoms with van der Waals surface area (Å²) in [6.07, 6.45) is 17.0. The molecule has 0 spiro atoms. The van der Waals surface area contributed by atoms with Crippen molar-refractivity contribution >= 4 is 0 Å². The van der Waals surface area contributed by atoms with Crippen molar-refractivity contribution in [2.75, 3.05) is 19.6 Å². The molecule has 0 amide bonds. The van der Waals surface area contributed by atoms with Crippen LogP contribution in [0.4, 0.5) is 0 Å². The molecule has 0 saturated heterocycles. The second kappa shape index (κ2) is 16.3. The first-order valence-corrected chi connectivity index (χ1v) is 9.93. The van der Waals surface area contributed by atoms with Gasteiger partial charge in [-0.05, 0) is 31.8 Å². The van der Waals surface area contributed by atoms with Gasteiger partial charge in [-0.15, -0.1) is 0 Å². The van der Waals surface area contributed by atoms with Gasteiger partial charge in [-0.1, -0.05) is 91.9 Å². The highest BCUT2D eigenvalue weighted by Crippen LogP contribution is 2.10. The third-order valence-electron chi connectivity index (χ3n) is 4.28. The van der Waals surface area contributed by atoms with Gasteiger partial charge in [0.15, 0.2) is 0 Å². The Labute approximate surface area is 135 Å². The zero-order chi connectivity index (χ0) is 15.8. The zero-order valence-corrected chi connectivity index (χ0v) is 15.6. The van der Waals surface area contributed by atoms with Crippen molar-refractivity contribution in [1.82, 2.24) is 4.90 Å². The highest BCUT2D eigenvalue weighted by atomic mass is 15.1. The number of unbranched alkanes of at least 4 members (excludes halogenated alkanes) is 10. The molecule has 0 aliphatic carbocycles. The minimum Gasteiger partial charge on any atom is -0.303 e. The molecule has 0 aromatic rings. The second-order valence-corrected chi connectivity index (χ2v) is 7.23. The highest BCUT2D eigenvalue weighted by Gasteiger charge is 2.06. The van der Waals surface area contributed by atoms with Crippen molar-refractivity contribution in [3.05, 3.63) is 0 Å². The SMILES string of the molecule is CCCCCCCCN(CCCCCCCC)CC(C)C. The molecule has 21 heavy (non-hydrogen) atoms. The van der Waals surface area contributed by atoms with Crippen LogP contribution in [0.3, 0.4) is 0 Å². The first-order valence-electron chi connectivity index (χ1n) is 9.93. The van der Waals surface area contributed by atoms with Gasteiger partial charge in [0.1, 0.15) is 0 Å². The third-order valence-corrected chi connectivity index (χ3v) is 4.28. The van der Waals surface area contributed by atoms with E-state index in [4.69, 9.17) is 0 Å². The van der Waals surface area contributed by atoms with Crippen LogP contribution in [0.1, 0.15) is 105 Å². The Morgan fingerprint density at radius 2 is 0.952 bits per heavy atom. The maximum absolute atomic E-state index is 2.73. The second-order valence-electron chi connectivity index (χ2n) is 7.23. The van der Waals surface area contributed by atoms with Gasteiger partial charge in [0.2, 0.25) is 0 Å². The van der Waals surface area contributed by atoms with Gasteiger partial charge in [-0.25, -0.2) is 0 Å². The van der Waals surface area contributed by atoms with Crippen molar-refractivity contribution in [2.45, 2.75) is 105 Å². The predicted octanol–water partition coefficient (Wildman–Crippen LogP) is 6.67.